The summed E-state index contributed by atoms with van der Waals surface area (Å²) in [6.45, 7) is 6.41. The standard InChI is InChI=1S/C16H22N2O2S.H2O4S/c1-16(2,3)14-9-13(21-15(17)18-14)10-6-7-11(19-4)12(8-10)20-5;1-5(2,3)4/h6-9,13H,1-5H3,(H2,17,18);(H2,1,2,3,4). The first-order valence-electron chi connectivity index (χ1n) is 7.50. The number of benzene rings is 1. The minimum absolute atomic E-state index is 0.0274. The van der Waals surface area contributed by atoms with E-state index in [-0.39, 0.29) is 10.7 Å². The summed E-state index contributed by atoms with van der Waals surface area (Å²) >= 11 is 1.55. The number of aliphatic imine (C=N–C) groups is 1. The molecular formula is C16H24N2O6S2. The first-order valence-corrected chi connectivity index (χ1v) is 9.77. The summed E-state index contributed by atoms with van der Waals surface area (Å²) in [4.78, 5) is 4.47. The zero-order chi connectivity index (χ0) is 20.1. The molecule has 1 aromatic rings. The number of hydrogen-bond acceptors (Lipinski definition) is 7. The molecule has 1 aliphatic heterocycles. The van der Waals surface area contributed by atoms with Crippen molar-refractivity contribution in [3.05, 3.63) is 35.5 Å². The van der Waals surface area contributed by atoms with E-state index in [4.69, 9.17) is 32.7 Å². The average molecular weight is 405 g/mol. The summed E-state index contributed by atoms with van der Waals surface area (Å²) in [5.74, 6) is 1.45. The van der Waals surface area contributed by atoms with Crippen molar-refractivity contribution >= 4 is 27.3 Å². The highest BCUT2D eigenvalue weighted by Crippen LogP contribution is 2.42. The van der Waals surface area contributed by atoms with E-state index in [1.54, 1.807) is 26.0 Å². The van der Waals surface area contributed by atoms with Crippen LogP contribution in [-0.2, 0) is 10.4 Å². The lowest BCUT2D eigenvalue weighted by Gasteiger charge is -2.26. The first-order chi connectivity index (χ1) is 11.8. The van der Waals surface area contributed by atoms with Gasteiger partial charge >= 0.3 is 10.4 Å². The number of thioether (sulfide) groups is 1. The van der Waals surface area contributed by atoms with Crippen molar-refractivity contribution in [2.75, 3.05) is 14.2 Å². The van der Waals surface area contributed by atoms with Crippen LogP contribution in [0.15, 0.2) is 35.0 Å². The molecule has 0 aliphatic carbocycles. The van der Waals surface area contributed by atoms with Crippen molar-refractivity contribution in [1.29, 1.82) is 0 Å². The van der Waals surface area contributed by atoms with Gasteiger partial charge in [-0.3, -0.25) is 9.11 Å². The lowest BCUT2D eigenvalue weighted by atomic mass is 9.91. The van der Waals surface area contributed by atoms with Crippen molar-refractivity contribution in [3.8, 4) is 11.5 Å². The van der Waals surface area contributed by atoms with Crippen LogP contribution in [-0.4, -0.2) is 36.9 Å². The molecule has 0 fully saturated rings. The Morgan fingerprint density at radius 2 is 1.69 bits per heavy atom. The number of methoxy groups -OCH3 is 2. The largest absolute Gasteiger partial charge is 0.493 e. The van der Waals surface area contributed by atoms with Crippen molar-refractivity contribution in [3.63, 3.8) is 0 Å². The Morgan fingerprint density at radius 3 is 2.15 bits per heavy atom. The van der Waals surface area contributed by atoms with Crippen LogP contribution < -0.4 is 15.2 Å². The highest BCUT2D eigenvalue weighted by atomic mass is 32.3. The Morgan fingerprint density at radius 1 is 1.15 bits per heavy atom. The number of amidine groups is 1. The Hall–Kier alpha value is -1.75. The third-order valence-electron chi connectivity index (χ3n) is 3.29. The van der Waals surface area contributed by atoms with Crippen LogP contribution in [0.25, 0.3) is 0 Å². The van der Waals surface area contributed by atoms with E-state index >= 15 is 0 Å². The highest BCUT2D eigenvalue weighted by Gasteiger charge is 2.25. The summed E-state index contributed by atoms with van der Waals surface area (Å²) < 4.78 is 42.2. The van der Waals surface area contributed by atoms with E-state index in [9.17, 15) is 0 Å². The van der Waals surface area contributed by atoms with Crippen LogP contribution >= 0.6 is 11.8 Å². The number of ether oxygens (including phenoxy) is 2. The van der Waals surface area contributed by atoms with Gasteiger partial charge in [-0.15, -0.1) is 0 Å². The maximum Gasteiger partial charge on any atom is 0.394 e. The normalized spacial score (nSPS) is 17.4. The zero-order valence-corrected chi connectivity index (χ0v) is 16.9. The van der Waals surface area contributed by atoms with E-state index in [0.29, 0.717) is 5.17 Å². The van der Waals surface area contributed by atoms with Gasteiger partial charge in [0, 0.05) is 11.1 Å². The predicted octanol–water partition coefficient (Wildman–Crippen LogP) is 3.08. The van der Waals surface area contributed by atoms with E-state index in [2.05, 4.69) is 31.8 Å². The Bertz CT molecular complexity index is 789. The summed E-state index contributed by atoms with van der Waals surface area (Å²) in [6.07, 6.45) is 2.17. The van der Waals surface area contributed by atoms with Gasteiger partial charge in [-0.1, -0.05) is 38.6 Å². The van der Waals surface area contributed by atoms with E-state index in [1.165, 1.54) is 0 Å². The van der Waals surface area contributed by atoms with Gasteiger partial charge in [0.05, 0.1) is 19.5 Å². The van der Waals surface area contributed by atoms with Gasteiger partial charge in [0.15, 0.2) is 16.7 Å². The number of hydrogen-bond donors (Lipinski definition) is 3. The molecule has 1 atom stereocenters. The molecule has 0 saturated carbocycles. The third kappa shape index (κ3) is 7.24. The van der Waals surface area contributed by atoms with E-state index in [0.717, 1.165) is 22.8 Å². The van der Waals surface area contributed by atoms with Gasteiger partial charge in [-0.2, -0.15) is 8.42 Å². The molecule has 0 bridgehead atoms. The van der Waals surface area contributed by atoms with Gasteiger partial charge in [-0.05, 0) is 23.8 Å². The van der Waals surface area contributed by atoms with Crippen LogP contribution in [0.3, 0.4) is 0 Å². The molecule has 2 rings (SSSR count). The van der Waals surface area contributed by atoms with Crippen molar-refractivity contribution in [1.82, 2.24) is 0 Å². The van der Waals surface area contributed by atoms with Crippen LogP contribution in [0.4, 0.5) is 0 Å². The lowest BCUT2D eigenvalue weighted by Crippen LogP contribution is -2.19. The van der Waals surface area contributed by atoms with Crippen LogP contribution in [0, 0.1) is 5.41 Å². The SMILES string of the molecule is COc1ccc(C2C=C(C(C)(C)C)N=C(N)S2)cc1OC.O=S(=O)(O)O. The molecule has 4 N–H and O–H groups in total. The molecule has 0 saturated heterocycles. The smallest absolute Gasteiger partial charge is 0.394 e. The van der Waals surface area contributed by atoms with Crippen molar-refractivity contribution in [2.45, 2.75) is 26.0 Å². The maximum absolute atomic E-state index is 8.74. The highest BCUT2D eigenvalue weighted by molar-refractivity contribution is 8.14. The Balaban J connectivity index is 0.000000597. The quantitative estimate of drug-likeness (QED) is 0.655. The molecular weight excluding hydrogens is 380 g/mol. The summed E-state index contributed by atoms with van der Waals surface area (Å²) in [6, 6.07) is 5.95. The first kappa shape index (κ1) is 22.3. The number of nitrogens with zero attached hydrogens (tertiary/aromatic N) is 1. The van der Waals surface area contributed by atoms with Gasteiger partial charge in [-0.25, -0.2) is 4.99 Å². The van der Waals surface area contributed by atoms with Gasteiger partial charge in [0.1, 0.15) is 0 Å². The molecule has 26 heavy (non-hydrogen) atoms. The van der Waals surface area contributed by atoms with Crippen LogP contribution in [0.1, 0.15) is 31.6 Å². The minimum atomic E-state index is -4.67. The second-order valence-corrected chi connectivity index (χ2v) is 8.41. The van der Waals surface area contributed by atoms with Crippen LogP contribution in [0.2, 0.25) is 0 Å². The Kier molecular flexibility index (Phi) is 7.51. The van der Waals surface area contributed by atoms with E-state index in [1.807, 2.05) is 18.2 Å². The fourth-order valence-corrected chi connectivity index (χ4v) is 2.99. The van der Waals surface area contributed by atoms with Crippen LogP contribution in [0.5, 0.6) is 11.5 Å². The molecule has 1 aliphatic rings. The summed E-state index contributed by atoms with van der Waals surface area (Å²) in [5, 5.41) is 0.735. The Labute approximate surface area is 158 Å². The minimum Gasteiger partial charge on any atom is -0.493 e. The lowest BCUT2D eigenvalue weighted by molar-refractivity contribution is 0.354. The topological polar surface area (TPSA) is 131 Å². The van der Waals surface area contributed by atoms with Gasteiger partial charge < -0.3 is 15.2 Å². The molecule has 0 aromatic heterocycles. The number of allylic oxidation sites excluding steroid dienone is 1. The molecule has 0 spiro atoms. The molecule has 1 aromatic carbocycles. The van der Waals surface area contributed by atoms with Gasteiger partial charge in [0.25, 0.3) is 0 Å². The average Bonchev–Trinajstić information content (AvgIpc) is 2.51. The summed E-state index contributed by atoms with van der Waals surface area (Å²) in [7, 11) is -1.39. The second-order valence-electron chi connectivity index (χ2n) is 6.35. The van der Waals surface area contributed by atoms with Crippen molar-refractivity contribution in [2.24, 2.45) is 16.1 Å². The second kappa shape index (κ2) is 8.76. The maximum atomic E-state index is 8.74. The predicted molar refractivity (Wildman–Crippen MR) is 103 cm³/mol. The van der Waals surface area contributed by atoms with Crippen molar-refractivity contribution < 1.29 is 27.0 Å². The monoisotopic (exact) mass is 404 g/mol. The molecule has 10 heteroatoms. The molecule has 0 amide bonds. The molecule has 146 valence electrons. The van der Waals surface area contributed by atoms with E-state index < -0.39 is 10.4 Å². The molecule has 0 radical (unpaired) electrons. The molecule has 8 nitrogen and oxygen atoms in total. The van der Waals surface area contributed by atoms with Gasteiger partial charge in [0.2, 0.25) is 0 Å². The fourth-order valence-electron chi connectivity index (χ4n) is 2.10. The summed E-state index contributed by atoms with van der Waals surface area (Å²) in [5.41, 5.74) is 8.10. The zero-order valence-electron chi connectivity index (χ0n) is 15.3. The molecule has 1 unspecified atom stereocenters. The number of nitrogens with two attached hydrogens (primary N) is 1. The number of rotatable bonds is 3. The molecule has 1 heterocycles. The fraction of sp³-hybridized carbons (Fsp3) is 0.438. The third-order valence-corrected chi connectivity index (χ3v) is 4.29.